The second-order valence-electron chi connectivity index (χ2n) is 3.12. The molecule has 2 aromatic rings. The van der Waals surface area contributed by atoms with Gasteiger partial charge in [-0.05, 0) is 11.6 Å². The van der Waals surface area contributed by atoms with Crippen LogP contribution in [0.25, 0.3) is 11.2 Å². The van der Waals surface area contributed by atoms with Gasteiger partial charge in [0, 0.05) is 14.1 Å². The summed E-state index contributed by atoms with van der Waals surface area (Å²) in [6.45, 7) is 0. The van der Waals surface area contributed by atoms with Crippen molar-refractivity contribution in [1.82, 2.24) is 24.8 Å². The summed E-state index contributed by atoms with van der Waals surface area (Å²) in [5.41, 5.74) is 1.19. The number of halogens is 1. The zero-order chi connectivity index (χ0) is 10.8. The van der Waals surface area contributed by atoms with Gasteiger partial charge in [0.05, 0.1) is 12.7 Å². The minimum Gasteiger partial charge on any atom is -0.369 e. The highest BCUT2D eigenvalue weighted by Gasteiger charge is 2.07. The summed E-state index contributed by atoms with van der Waals surface area (Å²) in [7, 11) is 3.74. The predicted octanol–water partition coefficient (Wildman–Crippen LogP) is 1.23. The Morgan fingerprint density at radius 1 is 1.47 bits per heavy atom. The van der Waals surface area contributed by atoms with Gasteiger partial charge < -0.3 is 9.88 Å². The Labute approximate surface area is 91.0 Å². The van der Waals surface area contributed by atoms with E-state index in [1.54, 1.807) is 11.2 Å². The molecule has 0 saturated carbocycles. The first-order chi connectivity index (χ1) is 7.16. The monoisotopic (exact) mass is 224 g/mol. The molecule has 78 valence electrons. The molecule has 15 heavy (non-hydrogen) atoms. The Balaban J connectivity index is 2.53. The van der Waals surface area contributed by atoms with Crippen LogP contribution in [0.4, 0.5) is 5.82 Å². The molecule has 0 unspecified atom stereocenters. The number of aliphatic imine (C=N–C) groups is 1. The zero-order valence-corrected chi connectivity index (χ0v) is 9.02. The minimum absolute atomic E-state index is 0.151. The molecule has 7 heteroatoms. The van der Waals surface area contributed by atoms with Crippen molar-refractivity contribution in [2.75, 3.05) is 14.1 Å². The van der Waals surface area contributed by atoms with Crippen LogP contribution in [0.15, 0.2) is 11.3 Å². The summed E-state index contributed by atoms with van der Waals surface area (Å²) in [6, 6.07) is 0. The highest BCUT2D eigenvalue weighted by atomic mass is 35.5. The van der Waals surface area contributed by atoms with E-state index in [1.807, 2.05) is 14.1 Å². The van der Waals surface area contributed by atoms with Crippen LogP contribution in [-0.4, -0.2) is 45.3 Å². The topological polar surface area (TPSA) is 70.1 Å². The van der Waals surface area contributed by atoms with Crippen LogP contribution in [-0.2, 0) is 0 Å². The van der Waals surface area contributed by atoms with Gasteiger partial charge in [-0.3, -0.25) is 0 Å². The molecule has 2 aromatic heterocycles. The van der Waals surface area contributed by atoms with E-state index in [0.717, 1.165) is 0 Å². The molecule has 0 aliphatic rings. The molecular weight excluding hydrogens is 216 g/mol. The maximum absolute atomic E-state index is 5.74. The number of hydrogen-bond donors (Lipinski definition) is 1. The Hall–Kier alpha value is -1.69. The summed E-state index contributed by atoms with van der Waals surface area (Å²) >= 11 is 5.74. The van der Waals surface area contributed by atoms with Gasteiger partial charge in [-0.2, -0.15) is 9.97 Å². The van der Waals surface area contributed by atoms with E-state index in [1.165, 1.54) is 6.33 Å². The average molecular weight is 225 g/mol. The van der Waals surface area contributed by atoms with Crippen molar-refractivity contribution in [3.05, 3.63) is 11.6 Å². The second-order valence-corrected chi connectivity index (χ2v) is 3.46. The molecule has 6 nitrogen and oxygen atoms in total. The summed E-state index contributed by atoms with van der Waals surface area (Å²) < 4.78 is 0. The molecule has 0 radical (unpaired) electrons. The molecule has 0 aromatic carbocycles. The molecule has 0 fully saturated rings. The molecule has 0 spiro atoms. The molecule has 2 rings (SSSR count). The number of fused-ring (bicyclic) bond motifs is 1. The Morgan fingerprint density at radius 2 is 2.27 bits per heavy atom. The third kappa shape index (κ3) is 2.04. The van der Waals surface area contributed by atoms with Crippen LogP contribution in [0.2, 0.25) is 5.28 Å². The van der Waals surface area contributed by atoms with Gasteiger partial charge in [0.15, 0.2) is 17.0 Å². The lowest BCUT2D eigenvalue weighted by molar-refractivity contribution is 0.643. The van der Waals surface area contributed by atoms with Gasteiger partial charge in [-0.25, -0.2) is 9.98 Å². The summed E-state index contributed by atoms with van der Waals surface area (Å²) in [5.74, 6) is 0.458. The molecule has 0 aliphatic carbocycles. The smallest absolute Gasteiger partial charge is 0.226 e. The van der Waals surface area contributed by atoms with E-state index in [-0.39, 0.29) is 5.28 Å². The number of hydrogen-bond acceptors (Lipinski definition) is 4. The van der Waals surface area contributed by atoms with E-state index in [4.69, 9.17) is 11.6 Å². The lowest BCUT2D eigenvalue weighted by Crippen LogP contribution is -2.07. The van der Waals surface area contributed by atoms with Crippen LogP contribution in [0.1, 0.15) is 0 Å². The van der Waals surface area contributed by atoms with E-state index < -0.39 is 0 Å². The molecule has 0 amide bonds. The summed E-state index contributed by atoms with van der Waals surface area (Å²) in [6.07, 6.45) is 3.16. The fourth-order valence-corrected chi connectivity index (χ4v) is 1.22. The number of aromatic amines is 1. The van der Waals surface area contributed by atoms with E-state index in [2.05, 4.69) is 24.9 Å². The van der Waals surface area contributed by atoms with Crippen LogP contribution in [0.5, 0.6) is 0 Å². The summed E-state index contributed by atoms with van der Waals surface area (Å²) in [5, 5.41) is 0.151. The van der Waals surface area contributed by atoms with Crippen molar-refractivity contribution >= 4 is 34.9 Å². The van der Waals surface area contributed by atoms with Crippen LogP contribution < -0.4 is 0 Å². The molecule has 0 aliphatic heterocycles. The van der Waals surface area contributed by atoms with Gasteiger partial charge in [0.25, 0.3) is 0 Å². The van der Waals surface area contributed by atoms with Crippen molar-refractivity contribution < 1.29 is 0 Å². The molecule has 2 heterocycles. The minimum atomic E-state index is 0.151. The highest BCUT2D eigenvalue weighted by Crippen LogP contribution is 2.20. The van der Waals surface area contributed by atoms with Gasteiger partial charge in [0.2, 0.25) is 5.28 Å². The lowest BCUT2D eigenvalue weighted by atomic mass is 10.5. The van der Waals surface area contributed by atoms with E-state index in [9.17, 15) is 0 Å². The van der Waals surface area contributed by atoms with Crippen molar-refractivity contribution in [2.24, 2.45) is 4.99 Å². The van der Waals surface area contributed by atoms with E-state index >= 15 is 0 Å². The molecule has 0 saturated heterocycles. The highest BCUT2D eigenvalue weighted by molar-refractivity contribution is 6.28. The SMILES string of the molecule is CN(C)/C=N\c1nc(Cl)nc2[nH]cnc12. The van der Waals surface area contributed by atoms with Gasteiger partial charge in [0.1, 0.15) is 0 Å². The number of H-pyrrole nitrogens is 1. The molecule has 0 atom stereocenters. The fourth-order valence-electron chi connectivity index (χ4n) is 1.05. The quantitative estimate of drug-likeness (QED) is 0.473. The van der Waals surface area contributed by atoms with Crippen molar-refractivity contribution in [3.8, 4) is 0 Å². The second kappa shape index (κ2) is 3.82. The zero-order valence-electron chi connectivity index (χ0n) is 8.27. The Kier molecular flexibility index (Phi) is 2.51. The van der Waals surface area contributed by atoms with Crippen LogP contribution in [0, 0.1) is 0 Å². The molecule has 1 N–H and O–H groups in total. The maximum atomic E-state index is 5.74. The third-order valence-electron chi connectivity index (χ3n) is 1.64. The lowest BCUT2D eigenvalue weighted by Gasteiger charge is -2.02. The van der Waals surface area contributed by atoms with Gasteiger partial charge >= 0.3 is 0 Å². The largest absolute Gasteiger partial charge is 0.369 e. The number of rotatable bonds is 2. The standard InChI is InChI=1S/C8H9ClN6/c1-15(2)4-12-7-5-6(11-3-10-5)13-8(9)14-7/h3-4H,1-2H3,(H,10,11,13,14)/b12-4-. The first-order valence-corrected chi connectivity index (χ1v) is 4.62. The third-order valence-corrected chi connectivity index (χ3v) is 1.81. The van der Waals surface area contributed by atoms with Gasteiger partial charge in [-0.15, -0.1) is 0 Å². The van der Waals surface area contributed by atoms with Crippen LogP contribution in [0.3, 0.4) is 0 Å². The number of aromatic nitrogens is 4. The van der Waals surface area contributed by atoms with Crippen LogP contribution >= 0.6 is 11.6 Å². The van der Waals surface area contributed by atoms with Crippen molar-refractivity contribution in [1.29, 1.82) is 0 Å². The Morgan fingerprint density at radius 3 is 3.00 bits per heavy atom. The summed E-state index contributed by atoms with van der Waals surface area (Å²) in [4.78, 5) is 20.8. The first-order valence-electron chi connectivity index (χ1n) is 4.24. The average Bonchev–Trinajstić information content (AvgIpc) is 2.61. The van der Waals surface area contributed by atoms with E-state index in [0.29, 0.717) is 17.0 Å². The number of nitrogens with one attached hydrogen (secondary N) is 1. The Bertz CT molecular complexity index is 503. The van der Waals surface area contributed by atoms with Crippen molar-refractivity contribution in [3.63, 3.8) is 0 Å². The first kappa shape index (κ1) is 9.85. The normalized spacial score (nSPS) is 11.4. The number of nitrogens with zero attached hydrogens (tertiary/aromatic N) is 5. The predicted molar refractivity (Wildman–Crippen MR) is 58.5 cm³/mol. The molecule has 0 bridgehead atoms. The molecular formula is C8H9ClN6. The fraction of sp³-hybridized carbons (Fsp3) is 0.250. The number of imidazole rings is 1. The van der Waals surface area contributed by atoms with Gasteiger partial charge in [-0.1, -0.05) is 0 Å². The van der Waals surface area contributed by atoms with Crippen molar-refractivity contribution in [2.45, 2.75) is 0 Å². The maximum Gasteiger partial charge on any atom is 0.226 e.